The number of urea groups is 4. The minimum absolute atomic E-state index is 0.0576. The van der Waals surface area contributed by atoms with Crippen LogP contribution in [0.4, 0.5) is 19.2 Å². The maximum atomic E-state index is 12.8. The van der Waals surface area contributed by atoms with E-state index in [1.165, 1.54) is 0 Å². The Morgan fingerprint density at radius 2 is 1.24 bits per heavy atom. The number of nitrogens with zero attached hydrogens (tertiary/aromatic N) is 4. The van der Waals surface area contributed by atoms with Crippen molar-refractivity contribution in [1.29, 1.82) is 0 Å². The van der Waals surface area contributed by atoms with Crippen LogP contribution in [0.1, 0.15) is 51.4 Å². The van der Waals surface area contributed by atoms with Crippen LogP contribution in [0.25, 0.3) is 0 Å². The second-order valence-electron chi connectivity index (χ2n) is 8.01. The van der Waals surface area contributed by atoms with Crippen molar-refractivity contribution in [3.63, 3.8) is 0 Å². The minimum atomic E-state index is -0.825. The summed E-state index contributed by atoms with van der Waals surface area (Å²) in [4.78, 5) is 78.0. The Kier molecular flexibility index (Phi) is 7.85. The molecule has 3 heterocycles. The van der Waals surface area contributed by atoms with Crippen molar-refractivity contribution in [1.82, 2.24) is 35.6 Å². The third kappa shape index (κ3) is 5.79. The first-order valence-corrected chi connectivity index (χ1v) is 11.0. The Labute approximate surface area is 191 Å². The van der Waals surface area contributed by atoms with E-state index in [2.05, 4.69) is 22.5 Å². The fraction of sp³-hybridized carbons (Fsp3) is 0.600. The van der Waals surface area contributed by atoms with Gasteiger partial charge in [-0.3, -0.25) is 29.6 Å². The van der Waals surface area contributed by atoms with Crippen LogP contribution in [-0.2, 0) is 9.59 Å². The molecule has 0 radical (unpaired) electrons. The lowest BCUT2D eigenvalue weighted by atomic mass is 10.2. The zero-order valence-electron chi connectivity index (χ0n) is 18.4. The van der Waals surface area contributed by atoms with Gasteiger partial charge in [0, 0.05) is 25.9 Å². The van der Waals surface area contributed by atoms with E-state index in [1.807, 2.05) is 0 Å². The lowest BCUT2D eigenvalue weighted by Gasteiger charge is -2.36. The number of carbonyl (C=O) groups is 6. The van der Waals surface area contributed by atoms with Crippen molar-refractivity contribution in [2.75, 3.05) is 26.4 Å². The van der Waals surface area contributed by atoms with Crippen LogP contribution < -0.4 is 16.0 Å². The molecule has 3 aliphatic heterocycles. The van der Waals surface area contributed by atoms with Crippen LogP contribution in [0, 0.1) is 0 Å². The van der Waals surface area contributed by atoms with Crippen LogP contribution >= 0.6 is 0 Å². The van der Waals surface area contributed by atoms with Crippen molar-refractivity contribution in [3.05, 3.63) is 12.4 Å². The third-order valence-corrected chi connectivity index (χ3v) is 5.70. The normalized spacial score (nSPS) is 20.3. The highest BCUT2D eigenvalue weighted by Gasteiger charge is 2.36. The van der Waals surface area contributed by atoms with Gasteiger partial charge in [0.1, 0.15) is 19.2 Å². The molecule has 33 heavy (non-hydrogen) atoms. The smallest absolute Gasteiger partial charge is 0.319 e. The molecule has 3 fully saturated rings. The highest BCUT2D eigenvalue weighted by molar-refractivity contribution is 5.99. The van der Waals surface area contributed by atoms with E-state index in [0.717, 1.165) is 38.9 Å². The van der Waals surface area contributed by atoms with Crippen molar-refractivity contribution < 1.29 is 28.8 Å². The van der Waals surface area contributed by atoms with E-state index in [0.29, 0.717) is 25.8 Å². The Balaban J connectivity index is 1.57. The van der Waals surface area contributed by atoms with E-state index in [-0.39, 0.29) is 43.7 Å². The van der Waals surface area contributed by atoms with Gasteiger partial charge in [-0.05, 0) is 25.7 Å². The molecular formula is C20H29N7O6. The van der Waals surface area contributed by atoms with Crippen molar-refractivity contribution >= 4 is 35.9 Å². The first-order chi connectivity index (χ1) is 15.8. The van der Waals surface area contributed by atoms with Crippen molar-refractivity contribution in [2.45, 2.75) is 51.4 Å². The maximum Gasteiger partial charge on any atom is 0.336 e. The Bertz CT molecular complexity index is 794. The highest BCUT2D eigenvalue weighted by Crippen LogP contribution is 2.14. The van der Waals surface area contributed by atoms with Crippen LogP contribution in [0.5, 0.6) is 0 Å². The zero-order chi connectivity index (χ0) is 24.0. The SMILES string of the molecule is C=C1NC(=O)N(CNC(=O)N2CCCCCC2=O)C(=O)N1CNC(=O)N1CCCCCC1=O. The minimum Gasteiger partial charge on any atom is -0.319 e. The Hall–Kier alpha value is -3.64. The molecule has 0 bridgehead atoms. The molecule has 3 saturated heterocycles. The number of likely N-dealkylation sites (tertiary alicyclic amines) is 2. The van der Waals surface area contributed by atoms with Crippen LogP contribution in [0.15, 0.2) is 12.4 Å². The number of hydrogen-bond donors (Lipinski definition) is 3. The van der Waals surface area contributed by atoms with Gasteiger partial charge >= 0.3 is 24.1 Å². The van der Waals surface area contributed by atoms with E-state index in [1.54, 1.807) is 0 Å². The average molecular weight is 463 g/mol. The van der Waals surface area contributed by atoms with Crippen molar-refractivity contribution in [2.24, 2.45) is 0 Å². The van der Waals surface area contributed by atoms with Gasteiger partial charge in [0.2, 0.25) is 11.8 Å². The zero-order valence-corrected chi connectivity index (χ0v) is 18.4. The molecule has 0 aromatic heterocycles. The number of imide groups is 3. The third-order valence-electron chi connectivity index (χ3n) is 5.70. The molecule has 0 unspecified atom stereocenters. The molecule has 0 aliphatic carbocycles. The summed E-state index contributed by atoms with van der Waals surface area (Å²) >= 11 is 0. The molecule has 0 atom stereocenters. The van der Waals surface area contributed by atoms with Gasteiger partial charge < -0.3 is 10.6 Å². The summed E-state index contributed by atoms with van der Waals surface area (Å²) in [5.41, 5.74) is 0. The molecule has 0 spiro atoms. The van der Waals surface area contributed by atoms with E-state index < -0.39 is 30.8 Å². The van der Waals surface area contributed by atoms with E-state index in [9.17, 15) is 28.8 Å². The van der Waals surface area contributed by atoms with Gasteiger partial charge in [-0.2, -0.15) is 0 Å². The Morgan fingerprint density at radius 3 is 1.76 bits per heavy atom. The second-order valence-corrected chi connectivity index (χ2v) is 8.01. The lowest BCUT2D eigenvalue weighted by Crippen LogP contribution is -2.62. The molecule has 3 aliphatic rings. The summed E-state index contributed by atoms with van der Waals surface area (Å²) in [7, 11) is 0. The van der Waals surface area contributed by atoms with Crippen LogP contribution in [-0.4, -0.2) is 82.0 Å². The topological polar surface area (TPSA) is 151 Å². The molecule has 10 amide bonds. The van der Waals surface area contributed by atoms with Gasteiger partial charge in [-0.15, -0.1) is 0 Å². The molecule has 3 rings (SSSR count). The number of carbonyl (C=O) groups excluding carboxylic acids is 6. The quantitative estimate of drug-likeness (QED) is 0.567. The molecule has 0 saturated carbocycles. The molecular weight excluding hydrogens is 434 g/mol. The molecule has 0 aromatic carbocycles. The van der Waals surface area contributed by atoms with Gasteiger partial charge in [-0.25, -0.2) is 24.1 Å². The average Bonchev–Trinajstić information content (AvgIpc) is 3.12. The number of rotatable bonds is 4. The fourth-order valence-corrected chi connectivity index (χ4v) is 3.79. The maximum absolute atomic E-state index is 12.8. The van der Waals surface area contributed by atoms with Gasteiger partial charge in [0.25, 0.3) is 0 Å². The number of amides is 10. The molecule has 180 valence electrons. The number of hydrogen-bond acceptors (Lipinski definition) is 6. The summed E-state index contributed by atoms with van der Waals surface area (Å²) in [6.45, 7) is 3.37. The van der Waals surface area contributed by atoms with Gasteiger partial charge in [0.05, 0.1) is 0 Å². The standard InChI is InChI=1S/C20H29N7O6/c1-14-23-19(32)27(13-22-18(31)25-11-7-3-5-9-16(25)29)20(33)26(14)12-21-17(30)24-10-6-2-4-8-15(24)28/h1-13H2,(H,21,30)(H,22,31)(H,23,32). The fourth-order valence-electron chi connectivity index (χ4n) is 3.79. The predicted molar refractivity (Wildman–Crippen MR) is 114 cm³/mol. The first kappa shape index (κ1) is 24.0. The van der Waals surface area contributed by atoms with Gasteiger partial charge in [-0.1, -0.05) is 19.4 Å². The molecule has 3 N–H and O–H groups in total. The number of nitrogens with one attached hydrogen (secondary N) is 3. The summed E-state index contributed by atoms with van der Waals surface area (Å²) in [6.07, 6.45) is 5.07. The summed E-state index contributed by atoms with van der Waals surface area (Å²) < 4.78 is 0. The molecule has 0 aromatic rings. The first-order valence-electron chi connectivity index (χ1n) is 11.0. The van der Waals surface area contributed by atoms with E-state index in [4.69, 9.17) is 0 Å². The predicted octanol–water partition coefficient (Wildman–Crippen LogP) is 1.04. The largest absolute Gasteiger partial charge is 0.336 e. The molecule has 13 heteroatoms. The summed E-state index contributed by atoms with van der Waals surface area (Å²) in [5, 5.41) is 7.31. The Morgan fingerprint density at radius 1 is 0.758 bits per heavy atom. The van der Waals surface area contributed by atoms with E-state index >= 15 is 0 Å². The summed E-state index contributed by atoms with van der Waals surface area (Å²) in [6, 6.07) is -2.96. The summed E-state index contributed by atoms with van der Waals surface area (Å²) in [5.74, 6) is -0.646. The van der Waals surface area contributed by atoms with Crippen LogP contribution in [0.3, 0.4) is 0 Å². The van der Waals surface area contributed by atoms with Gasteiger partial charge in [0.15, 0.2) is 0 Å². The monoisotopic (exact) mass is 463 g/mol. The lowest BCUT2D eigenvalue weighted by molar-refractivity contribution is -0.128. The highest BCUT2D eigenvalue weighted by atomic mass is 16.2. The van der Waals surface area contributed by atoms with Crippen LogP contribution in [0.2, 0.25) is 0 Å². The van der Waals surface area contributed by atoms with Crippen molar-refractivity contribution in [3.8, 4) is 0 Å². The second kappa shape index (κ2) is 10.8. The molecule has 13 nitrogen and oxygen atoms in total.